The van der Waals surface area contributed by atoms with Crippen LogP contribution in [0.3, 0.4) is 0 Å². The lowest BCUT2D eigenvalue weighted by molar-refractivity contribution is 0.199. The molecule has 0 aliphatic rings. The largest absolute Gasteiger partial charge is 0.383 e. The lowest BCUT2D eigenvalue weighted by Gasteiger charge is -2.24. The van der Waals surface area contributed by atoms with Crippen LogP contribution in [0.1, 0.15) is 38.2 Å². The third-order valence-corrected chi connectivity index (χ3v) is 4.11. The molecule has 0 radical (unpaired) electrons. The molecule has 0 aliphatic carbocycles. The number of nitrogens with one attached hydrogen (secondary N) is 2. The van der Waals surface area contributed by atoms with Gasteiger partial charge in [-0.25, -0.2) is 0 Å². The molecule has 0 aliphatic heterocycles. The maximum Gasteiger partial charge on any atom is 0.0587 e. The van der Waals surface area contributed by atoms with E-state index in [0.29, 0.717) is 11.8 Å². The first kappa shape index (κ1) is 18.1. The molecule has 2 N–H and O–H groups in total. The van der Waals surface area contributed by atoms with Crippen LogP contribution in [0.2, 0.25) is 0 Å². The highest BCUT2D eigenvalue weighted by Crippen LogP contribution is 2.25. The van der Waals surface area contributed by atoms with Crippen molar-refractivity contribution in [3.8, 4) is 0 Å². The van der Waals surface area contributed by atoms with E-state index >= 15 is 0 Å². The van der Waals surface area contributed by atoms with Crippen molar-refractivity contribution < 1.29 is 4.74 Å². The third-order valence-electron chi connectivity index (χ3n) is 4.11. The van der Waals surface area contributed by atoms with Crippen molar-refractivity contribution in [2.45, 2.75) is 32.6 Å². The van der Waals surface area contributed by atoms with Crippen LogP contribution in [0.4, 0.5) is 0 Å². The first-order chi connectivity index (χ1) is 10.3. The second kappa shape index (κ2) is 11.7. The van der Waals surface area contributed by atoms with E-state index in [9.17, 15) is 0 Å². The van der Waals surface area contributed by atoms with Crippen LogP contribution < -0.4 is 10.6 Å². The standard InChI is InChI=1S/C18H32N2O/c1-4-16(2)18(17-9-6-5-7-10-17)15-20-12-8-11-19-13-14-21-3/h5-7,9-10,16,18-20H,4,8,11-15H2,1-3H3. The van der Waals surface area contributed by atoms with Crippen molar-refractivity contribution in [2.24, 2.45) is 5.92 Å². The Labute approximate surface area is 130 Å². The van der Waals surface area contributed by atoms with Crippen LogP contribution in [0, 0.1) is 5.92 Å². The quantitative estimate of drug-likeness (QED) is 0.581. The van der Waals surface area contributed by atoms with Gasteiger partial charge < -0.3 is 15.4 Å². The summed E-state index contributed by atoms with van der Waals surface area (Å²) in [6.45, 7) is 9.55. The molecule has 21 heavy (non-hydrogen) atoms. The van der Waals surface area contributed by atoms with E-state index in [2.05, 4.69) is 54.8 Å². The van der Waals surface area contributed by atoms with E-state index in [1.54, 1.807) is 7.11 Å². The molecule has 1 aromatic rings. The molecule has 0 spiro atoms. The maximum absolute atomic E-state index is 5.01. The number of rotatable bonds is 12. The average molecular weight is 292 g/mol. The van der Waals surface area contributed by atoms with Gasteiger partial charge in [0.1, 0.15) is 0 Å². The van der Waals surface area contributed by atoms with E-state index in [-0.39, 0.29) is 0 Å². The fourth-order valence-corrected chi connectivity index (χ4v) is 2.53. The molecule has 0 fully saturated rings. The number of benzene rings is 1. The van der Waals surface area contributed by atoms with Crippen LogP contribution in [0.5, 0.6) is 0 Å². The number of methoxy groups -OCH3 is 1. The Bertz CT molecular complexity index is 342. The number of ether oxygens (including phenoxy) is 1. The van der Waals surface area contributed by atoms with Gasteiger partial charge in [0.05, 0.1) is 6.61 Å². The zero-order valence-electron chi connectivity index (χ0n) is 13.9. The fraction of sp³-hybridized carbons (Fsp3) is 0.667. The minimum absolute atomic E-state index is 0.609. The van der Waals surface area contributed by atoms with Crippen LogP contribution in [0.15, 0.2) is 30.3 Å². The highest BCUT2D eigenvalue weighted by molar-refractivity contribution is 5.20. The fourth-order valence-electron chi connectivity index (χ4n) is 2.53. The van der Waals surface area contributed by atoms with Crippen LogP contribution in [-0.2, 0) is 4.74 Å². The lowest BCUT2D eigenvalue weighted by atomic mass is 9.85. The minimum Gasteiger partial charge on any atom is -0.383 e. The minimum atomic E-state index is 0.609. The molecule has 0 saturated heterocycles. The van der Waals surface area contributed by atoms with E-state index in [1.807, 2.05) is 0 Å². The van der Waals surface area contributed by atoms with Crippen molar-refractivity contribution in [1.82, 2.24) is 10.6 Å². The van der Waals surface area contributed by atoms with Gasteiger partial charge in [0.2, 0.25) is 0 Å². The molecule has 1 rings (SSSR count). The molecule has 3 heteroatoms. The van der Waals surface area contributed by atoms with E-state index in [4.69, 9.17) is 4.74 Å². The SMILES string of the molecule is CCC(C)C(CNCCCNCCOC)c1ccccc1. The highest BCUT2D eigenvalue weighted by atomic mass is 16.5. The van der Waals surface area contributed by atoms with Crippen LogP contribution in [0.25, 0.3) is 0 Å². The molecule has 0 amide bonds. The number of hydrogen-bond donors (Lipinski definition) is 2. The van der Waals surface area contributed by atoms with Crippen LogP contribution in [-0.4, -0.2) is 39.9 Å². The van der Waals surface area contributed by atoms with Crippen molar-refractivity contribution in [1.29, 1.82) is 0 Å². The zero-order chi connectivity index (χ0) is 15.3. The van der Waals surface area contributed by atoms with Crippen molar-refractivity contribution in [3.63, 3.8) is 0 Å². The molecule has 3 nitrogen and oxygen atoms in total. The van der Waals surface area contributed by atoms with Gasteiger partial charge in [-0.2, -0.15) is 0 Å². The maximum atomic E-state index is 5.01. The molecule has 0 aromatic heterocycles. The Balaban J connectivity index is 2.25. The van der Waals surface area contributed by atoms with Crippen LogP contribution >= 0.6 is 0 Å². The summed E-state index contributed by atoms with van der Waals surface area (Å²) in [6, 6.07) is 10.9. The molecular formula is C18H32N2O. The topological polar surface area (TPSA) is 33.3 Å². The van der Waals surface area contributed by atoms with Gasteiger partial charge in [-0.15, -0.1) is 0 Å². The van der Waals surface area contributed by atoms with E-state index < -0.39 is 0 Å². The first-order valence-corrected chi connectivity index (χ1v) is 8.24. The molecule has 0 bridgehead atoms. The summed E-state index contributed by atoms with van der Waals surface area (Å²) in [5, 5.41) is 6.99. The van der Waals surface area contributed by atoms with Gasteiger partial charge in [-0.05, 0) is 36.9 Å². The Morgan fingerprint density at radius 1 is 1.05 bits per heavy atom. The molecular weight excluding hydrogens is 260 g/mol. The molecule has 2 unspecified atom stereocenters. The summed E-state index contributed by atoms with van der Waals surface area (Å²) in [7, 11) is 1.74. The molecule has 0 heterocycles. The molecule has 1 aromatic carbocycles. The van der Waals surface area contributed by atoms with Gasteiger partial charge in [0, 0.05) is 20.2 Å². The Kier molecular flexibility index (Phi) is 10.1. The average Bonchev–Trinajstić information content (AvgIpc) is 2.53. The highest BCUT2D eigenvalue weighted by Gasteiger charge is 2.17. The zero-order valence-corrected chi connectivity index (χ0v) is 13.9. The van der Waals surface area contributed by atoms with Gasteiger partial charge in [-0.3, -0.25) is 0 Å². The van der Waals surface area contributed by atoms with Gasteiger partial charge >= 0.3 is 0 Å². The van der Waals surface area contributed by atoms with Gasteiger partial charge in [0.25, 0.3) is 0 Å². The molecule has 120 valence electrons. The molecule has 2 atom stereocenters. The third kappa shape index (κ3) is 7.60. The first-order valence-electron chi connectivity index (χ1n) is 8.24. The second-order valence-electron chi connectivity index (χ2n) is 5.70. The summed E-state index contributed by atoms with van der Waals surface area (Å²) in [5.74, 6) is 1.32. The summed E-state index contributed by atoms with van der Waals surface area (Å²) in [4.78, 5) is 0. The van der Waals surface area contributed by atoms with Gasteiger partial charge in [-0.1, -0.05) is 50.6 Å². The molecule has 0 saturated carbocycles. The lowest BCUT2D eigenvalue weighted by Crippen LogP contribution is -2.29. The Morgan fingerprint density at radius 2 is 1.76 bits per heavy atom. The predicted molar refractivity (Wildman–Crippen MR) is 90.9 cm³/mol. The summed E-state index contributed by atoms with van der Waals surface area (Å²) in [6.07, 6.45) is 2.38. The normalized spacial score (nSPS) is 14.0. The summed E-state index contributed by atoms with van der Waals surface area (Å²) < 4.78 is 5.01. The van der Waals surface area contributed by atoms with Crippen molar-refractivity contribution in [2.75, 3.05) is 39.9 Å². The predicted octanol–water partition coefficient (Wildman–Crippen LogP) is 3.03. The Morgan fingerprint density at radius 3 is 2.43 bits per heavy atom. The Hall–Kier alpha value is -0.900. The monoisotopic (exact) mass is 292 g/mol. The summed E-state index contributed by atoms with van der Waals surface area (Å²) >= 11 is 0. The number of hydrogen-bond acceptors (Lipinski definition) is 3. The second-order valence-corrected chi connectivity index (χ2v) is 5.70. The van der Waals surface area contributed by atoms with E-state index in [1.165, 1.54) is 12.0 Å². The smallest absolute Gasteiger partial charge is 0.0587 e. The summed E-state index contributed by atoms with van der Waals surface area (Å²) in [5.41, 5.74) is 1.46. The van der Waals surface area contributed by atoms with Crippen molar-refractivity contribution in [3.05, 3.63) is 35.9 Å². The van der Waals surface area contributed by atoms with Gasteiger partial charge in [0.15, 0.2) is 0 Å². The van der Waals surface area contributed by atoms with E-state index in [0.717, 1.165) is 39.2 Å². The van der Waals surface area contributed by atoms with Crippen molar-refractivity contribution >= 4 is 0 Å².